The van der Waals surface area contributed by atoms with Crippen molar-refractivity contribution in [1.82, 2.24) is 0 Å². The zero-order valence-corrected chi connectivity index (χ0v) is 12.7. The van der Waals surface area contributed by atoms with Gasteiger partial charge in [-0.3, -0.25) is 0 Å². The van der Waals surface area contributed by atoms with Crippen LogP contribution in [0.4, 0.5) is 0 Å². The van der Waals surface area contributed by atoms with Gasteiger partial charge in [-0.25, -0.2) is 0 Å². The zero-order valence-electron chi connectivity index (χ0n) is 12.7. The van der Waals surface area contributed by atoms with Gasteiger partial charge >= 0.3 is 0 Å². The number of hydrogen-bond acceptors (Lipinski definition) is 2. The molecule has 0 saturated carbocycles. The molecule has 0 saturated heterocycles. The molecule has 1 unspecified atom stereocenters. The lowest BCUT2D eigenvalue weighted by atomic mass is 9.96. The molecule has 0 spiro atoms. The number of benzene rings is 2. The summed E-state index contributed by atoms with van der Waals surface area (Å²) in [5.74, 6) is 0. The minimum atomic E-state index is -0.207. The molecule has 2 heteroatoms. The van der Waals surface area contributed by atoms with Gasteiger partial charge in [-0.1, -0.05) is 60.7 Å². The first-order chi connectivity index (χ1) is 9.39. The van der Waals surface area contributed by atoms with Crippen LogP contribution >= 0.6 is 0 Å². The van der Waals surface area contributed by atoms with E-state index < -0.39 is 0 Å². The summed E-state index contributed by atoms with van der Waals surface area (Å²) in [5, 5.41) is 0. The maximum Gasteiger partial charge on any atom is 0.0352 e. The van der Waals surface area contributed by atoms with Crippen LogP contribution in [-0.2, 0) is 12.0 Å². The van der Waals surface area contributed by atoms with Crippen molar-refractivity contribution in [2.75, 3.05) is 0 Å². The van der Waals surface area contributed by atoms with Crippen molar-refractivity contribution in [2.45, 2.75) is 38.8 Å². The van der Waals surface area contributed by atoms with Gasteiger partial charge in [0, 0.05) is 11.6 Å². The van der Waals surface area contributed by atoms with E-state index in [0.29, 0.717) is 0 Å². The quantitative estimate of drug-likeness (QED) is 0.897. The maximum absolute atomic E-state index is 5.86. The molecule has 2 nitrogen and oxygen atoms in total. The Kier molecular flexibility index (Phi) is 6.43. The number of hydrogen-bond donors (Lipinski definition) is 2. The Hall–Kier alpha value is -1.64. The summed E-state index contributed by atoms with van der Waals surface area (Å²) in [4.78, 5) is 0. The molecule has 2 aromatic rings. The second-order valence-electron chi connectivity index (χ2n) is 5.75. The van der Waals surface area contributed by atoms with E-state index in [4.69, 9.17) is 11.5 Å². The summed E-state index contributed by atoms with van der Waals surface area (Å²) < 4.78 is 0. The molecule has 0 bridgehead atoms. The van der Waals surface area contributed by atoms with Crippen LogP contribution in [0, 0.1) is 0 Å². The van der Waals surface area contributed by atoms with Crippen LogP contribution in [0.2, 0.25) is 0 Å². The summed E-state index contributed by atoms with van der Waals surface area (Å²) >= 11 is 0. The highest BCUT2D eigenvalue weighted by molar-refractivity contribution is 5.21. The predicted octanol–water partition coefficient (Wildman–Crippen LogP) is 3.46. The SMILES string of the molecule is CC(C)(N)c1ccccc1.CC(N)Cc1ccccc1. The molecule has 0 radical (unpaired) electrons. The lowest BCUT2D eigenvalue weighted by molar-refractivity contribution is 0.554. The summed E-state index contributed by atoms with van der Waals surface area (Å²) in [6.07, 6.45) is 0.973. The molecule has 1 atom stereocenters. The summed E-state index contributed by atoms with van der Waals surface area (Å²) in [6.45, 7) is 6.03. The summed E-state index contributed by atoms with van der Waals surface area (Å²) in [6, 6.07) is 20.7. The van der Waals surface area contributed by atoms with Gasteiger partial charge in [-0.2, -0.15) is 0 Å². The molecule has 0 fully saturated rings. The van der Waals surface area contributed by atoms with Gasteiger partial charge in [-0.05, 0) is 38.3 Å². The number of rotatable bonds is 3. The molecule has 20 heavy (non-hydrogen) atoms. The van der Waals surface area contributed by atoms with Gasteiger partial charge in [0.15, 0.2) is 0 Å². The van der Waals surface area contributed by atoms with Crippen molar-refractivity contribution in [1.29, 1.82) is 0 Å². The molecule has 108 valence electrons. The molecular weight excluding hydrogens is 244 g/mol. The predicted molar refractivity (Wildman–Crippen MR) is 87.5 cm³/mol. The van der Waals surface area contributed by atoms with Crippen LogP contribution in [0.25, 0.3) is 0 Å². The highest BCUT2D eigenvalue weighted by Gasteiger charge is 2.11. The lowest BCUT2D eigenvalue weighted by Gasteiger charge is -2.18. The van der Waals surface area contributed by atoms with Crippen LogP contribution in [0.3, 0.4) is 0 Å². The lowest BCUT2D eigenvalue weighted by Crippen LogP contribution is -2.28. The van der Waals surface area contributed by atoms with Gasteiger partial charge in [0.25, 0.3) is 0 Å². The fourth-order valence-electron chi connectivity index (χ4n) is 1.85. The summed E-state index contributed by atoms with van der Waals surface area (Å²) in [7, 11) is 0. The monoisotopic (exact) mass is 270 g/mol. The van der Waals surface area contributed by atoms with Gasteiger partial charge in [0.2, 0.25) is 0 Å². The van der Waals surface area contributed by atoms with E-state index in [-0.39, 0.29) is 11.6 Å². The largest absolute Gasteiger partial charge is 0.328 e. The van der Waals surface area contributed by atoms with E-state index in [0.717, 1.165) is 6.42 Å². The zero-order chi connectivity index (χ0) is 15.0. The Morgan fingerprint density at radius 3 is 1.70 bits per heavy atom. The standard InChI is InChI=1S/2C9H13N/c1-9(2,10)8-6-4-3-5-7-8;1-8(10)7-9-5-3-2-4-6-9/h3-7H,10H2,1-2H3;2-6,8H,7,10H2,1H3. The van der Waals surface area contributed by atoms with Gasteiger partial charge in [0.05, 0.1) is 0 Å². The van der Waals surface area contributed by atoms with Gasteiger partial charge in [-0.15, -0.1) is 0 Å². The Labute approximate surface area is 122 Å². The van der Waals surface area contributed by atoms with Crippen molar-refractivity contribution in [3.05, 3.63) is 71.8 Å². The van der Waals surface area contributed by atoms with Crippen LogP contribution in [0.1, 0.15) is 31.9 Å². The Bertz CT molecular complexity index is 470. The average Bonchev–Trinajstić information content (AvgIpc) is 2.40. The molecule has 0 aliphatic rings. The number of nitrogens with two attached hydrogens (primary N) is 2. The molecule has 0 heterocycles. The minimum Gasteiger partial charge on any atom is -0.328 e. The van der Waals surface area contributed by atoms with E-state index in [1.165, 1.54) is 11.1 Å². The summed E-state index contributed by atoms with van der Waals surface area (Å²) in [5.41, 5.74) is 13.8. The van der Waals surface area contributed by atoms with E-state index >= 15 is 0 Å². The molecule has 0 amide bonds. The van der Waals surface area contributed by atoms with Crippen molar-refractivity contribution in [3.8, 4) is 0 Å². The third-order valence-corrected chi connectivity index (χ3v) is 2.92. The fraction of sp³-hybridized carbons (Fsp3) is 0.333. The van der Waals surface area contributed by atoms with Crippen molar-refractivity contribution in [2.24, 2.45) is 11.5 Å². The second kappa shape index (κ2) is 7.83. The molecule has 4 N–H and O–H groups in total. The van der Waals surface area contributed by atoms with Crippen LogP contribution < -0.4 is 11.5 Å². The average molecular weight is 270 g/mol. The first kappa shape index (κ1) is 16.4. The Balaban J connectivity index is 0.000000200. The second-order valence-corrected chi connectivity index (χ2v) is 5.75. The van der Waals surface area contributed by atoms with Gasteiger partial charge < -0.3 is 11.5 Å². The maximum atomic E-state index is 5.86. The highest BCUT2D eigenvalue weighted by atomic mass is 14.7. The van der Waals surface area contributed by atoms with Crippen molar-refractivity contribution >= 4 is 0 Å². The third-order valence-electron chi connectivity index (χ3n) is 2.92. The van der Waals surface area contributed by atoms with Crippen molar-refractivity contribution < 1.29 is 0 Å². The van der Waals surface area contributed by atoms with Crippen LogP contribution in [0.15, 0.2) is 60.7 Å². The van der Waals surface area contributed by atoms with E-state index in [2.05, 4.69) is 12.1 Å². The first-order valence-corrected chi connectivity index (χ1v) is 7.03. The first-order valence-electron chi connectivity index (χ1n) is 7.03. The molecule has 2 rings (SSSR count). The third kappa shape index (κ3) is 6.50. The molecule has 2 aromatic carbocycles. The smallest absolute Gasteiger partial charge is 0.0352 e. The van der Waals surface area contributed by atoms with Gasteiger partial charge in [0.1, 0.15) is 0 Å². The van der Waals surface area contributed by atoms with Crippen LogP contribution in [0.5, 0.6) is 0 Å². The molecule has 0 aromatic heterocycles. The highest BCUT2D eigenvalue weighted by Crippen LogP contribution is 2.14. The minimum absolute atomic E-state index is 0.207. The van der Waals surface area contributed by atoms with Crippen LogP contribution in [-0.4, -0.2) is 6.04 Å². The molecular formula is C18H26N2. The topological polar surface area (TPSA) is 52.0 Å². The van der Waals surface area contributed by atoms with E-state index in [9.17, 15) is 0 Å². The molecule has 0 aliphatic carbocycles. The van der Waals surface area contributed by atoms with E-state index in [1.807, 2.05) is 69.3 Å². The molecule has 0 aliphatic heterocycles. The van der Waals surface area contributed by atoms with E-state index in [1.54, 1.807) is 0 Å². The Morgan fingerprint density at radius 2 is 1.35 bits per heavy atom. The van der Waals surface area contributed by atoms with Crippen molar-refractivity contribution in [3.63, 3.8) is 0 Å². The Morgan fingerprint density at radius 1 is 0.900 bits per heavy atom. The fourth-order valence-corrected chi connectivity index (χ4v) is 1.85. The normalized spacial score (nSPS) is 12.2.